The highest BCUT2D eigenvalue weighted by Gasteiger charge is 2.26. The van der Waals surface area contributed by atoms with Gasteiger partial charge in [-0.15, -0.1) is 0 Å². The van der Waals surface area contributed by atoms with Crippen LogP contribution < -0.4 is 16.1 Å². The van der Waals surface area contributed by atoms with Gasteiger partial charge in [0.2, 0.25) is 5.95 Å². The van der Waals surface area contributed by atoms with Crippen molar-refractivity contribution in [3.8, 4) is 0 Å². The highest BCUT2D eigenvalue weighted by atomic mass is 16.2. The summed E-state index contributed by atoms with van der Waals surface area (Å²) in [6.45, 7) is 3.77. The molecule has 0 atom stereocenters. The number of aryl methyl sites for hydroxylation is 3. The lowest BCUT2D eigenvalue weighted by Crippen LogP contribution is -2.39. The number of hydrogen-bond donors (Lipinski definition) is 0. The minimum atomic E-state index is -0.363. The molecule has 0 aliphatic carbocycles. The minimum absolute atomic E-state index is 0.207. The molecule has 2 aromatic carbocycles. The topological polar surface area (TPSA) is 65.1 Å². The highest BCUT2D eigenvalue weighted by molar-refractivity contribution is 5.77. The van der Waals surface area contributed by atoms with Gasteiger partial charge in [-0.1, -0.05) is 54.6 Å². The Morgan fingerprint density at radius 1 is 1.03 bits per heavy atom. The standard InChI is InChI=1S/C25H25N5O2/c1-18-9-6-13-20(17-18)28-15-8-16-29-21-22(26-24(28)29)27(2)25(32)30(23(21)31)14-7-12-19-10-4-3-5-11-19/h3-7,9-13,17H,8,14-16H2,1-2H3/b12-7+. The van der Waals surface area contributed by atoms with Crippen LogP contribution in [0.25, 0.3) is 17.2 Å². The Hall–Kier alpha value is -3.87. The number of benzene rings is 2. The van der Waals surface area contributed by atoms with E-state index in [4.69, 9.17) is 4.98 Å². The van der Waals surface area contributed by atoms with Crippen molar-refractivity contribution in [3.05, 3.63) is 92.6 Å². The molecule has 0 saturated carbocycles. The largest absolute Gasteiger partial charge is 0.332 e. The monoisotopic (exact) mass is 427 g/mol. The van der Waals surface area contributed by atoms with E-state index in [1.54, 1.807) is 7.05 Å². The van der Waals surface area contributed by atoms with Gasteiger partial charge in [0.25, 0.3) is 5.56 Å². The molecule has 0 unspecified atom stereocenters. The first kappa shape index (κ1) is 20.1. The number of imidazole rings is 1. The lowest BCUT2D eigenvalue weighted by molar-refractivity contribution is 0.598. The lowest BCUT2D eigenvalue weighted by Gasteiger charge is -2.29. The van der Waals surface area contributed by atoms with Crippen LogP contribution in [-0.4, -0.2) is 25.2 Å². The lowest BCUT2D eigenvalue weighted by atomic mass is 10.2. The molecule has 0 N–H and O–H groups in total. The predicted octanol–water partition coefficient (Wildman–Crippen LogP) is 3.46. The first-order valence-electron chi connectivity index (χ1n) is 10.8. The Bertz CT molecular complexity index is 1440. The molecule has 5 rings (SSSR count). The number of allylic oxidation sites excluding steroid dienone is 1. The van der Waals surface area contributed by atoms with Crippen molar-refractivity contribution in [2.24, 2.45) is 7.05 Å². The first-order valence-corrected chi connectivity index (χ1v) is 10.8. The van der Waals surface area contributed by atoms with E-state index in [1.807, 2.05) is 59.2 Å². The van der Waals surface area contributed by atoms with Gasteiger partial charge in [-0.2, -0.15) is 4.98 Å². The molecule has 162 valence electrons. The summed E-state index contributed by atoms with van der Waals surface area (Å²) in [6, 6.07) is 18.1. The van der Waals surface area contributed by atoms with E-state index in [9.17, 15) is 9.59 Å². The Morgan fingerprint density at radius 3 is 2.62 bits per heavy atom. The second-order valence-electron chi connectivity index (χ2n) is 8.15. The van der Waals surface area contributed by atoms with Gasteiger partial charge in [-0.25, -0.2) is 4.79 Å². The number of fused-ring (bicyclic) bond motifs is 3. The number of rotatable bonds is 4. The molecule has 3 heterocycles. The summed E-state index contributed by atoms with van der Waals surface area (Å²) in [5, 5.41) is 0. The minimum Gasteiger partial charge on any atom is -0.312 e. The second kappa shape index (κ2) is 8.00. The molecule has 7 nitrogen and oxygen atoms in total. The zero-order valence-electron chi connectivity index (χ0n) is 18.2. The quantitative estimate of drug-likeness (QED) is 0.500. The predicted molar refractivity (Wildman–Crippen MR) is 128 cm³/mol. The van der Waals surface area contributed by atoms with Crippen molar-refractivity contribution >= 4 is 28.9 Å². The van der Waals surface area contributed by atoms with Crippen LogP contribution in [0.4, 0.5) is 11.6 Å². The molecule has 0 saturated heterocycles. The SMILES string of the molecule is Cc1cccc(N2CCCn3c2nc2c3c(=O)n(C/C=C/c3ccccc3)c(=O)n2C)c1. The van der Waals surface area contributed by atoms with Crippen molar-refractivity contribution < 1.29 is 0 Å². The number of nitrogens with zero attached hydrogens (tertiary/aromatic N) is 5. The van der Waals surface area contributed by atoms with Gasteiger partial charge in [-0.05, 0) is 36.6 Å². The van der Waals surface area contributed by atoms with Gasteiger partial charge in [0.1, 0.15) is 0 Å². The molecule has 0 spiro atoms. The summed E-state index contributed by atoms with van der Waals surface area (Å²) in [7, 11) is 1.68. The molecular weight excluding hydrogens is 402 g/mol. The zero-order chi connectivity index (χ0) is 22.2. The van der Waals surface area contributed by atoms with Crippen LogP contribution in [0.15, 0.2) is 70.3 Å². The summed E-state index contributed by atoms with van der Waals surface area (Å²) in [5.74, 6) is 0.710. The van der Waals surface area contributed by atoms with Crippen molar-refractivity contribution in [3.63, 3.8) is 0 Å². The summed E-state index contributed by atoms with van der Waals surface area (Å²) in [6.07, 6.45) is 4.65. The highest BCUT2D eigenvalue weighted by Crippen LogP contribution is 2.31. The van der Waals surface area contributed by atoms with Crippen LogP contribution in [-0.2, 0) is 20.1 Å². The molecular formula is C25H25N5O2. The fourth-order valence-electron chi connectivity index (χ4n) is 4.32. The second-order valence-corrected chi connectivity index (χ2v) is 8.15. The van der Waals surface area contributed by atoms with Gasteiger partial charge in [0, 0.05) is 32.4 Å². The van der Waals surface area contributed by atoms with E-state index < -0.39 is 0 Å². The van der Waals surface area contributed by atoms with Gasteiger partial charge >= 0.3 is 5.69 Å². The first-order chi connectivity index (χ1) is 15.5. The smallest absolute Gasteiger partial charge is 0.312 e. The average Bonchev–Trinajstić information content (AvgIpc) is 3.20. The molecule has 1 aliphatic rings. The molecule has 0 radical (unpaired) electrons. The van der Waals surface area contributed by atoms with E-state index in [2.05, 4.69) is 24.0 Å². The van der Waals surface area contributed by atoms with Crippen molar-refractivity contribution in [1.29, 1.82) is 0 Å². The summed E-state index contributed by atoms with van der Waals surface area (Å²) >= 11 is 0. The van der Waals surface area contributed by atoms with Crippen molar-refractivity contribution in [2.75, 3.05) is 11.4 Å². The Labute approximate surface area is 185 Å². The van der Waals surface area contributed by atoms with Gasteiger partial charge in [0.05, 0.1) is 0 Å². The van der Waals surface area contributed by atoms with Crippen LogP contribution >= 0.6 is 0 Å². The molecule has 32 heavy (non-hydrogen) atoms. The number of aromatic nitrogens is 4. The third-order valence-corrected chi connectivity index (χ3v) is 5.93. The van der Waals surface area contributed by atoms with E-state index in [-0.39, 0.29) is 17.8 Å². The average molecular weight is 428 g/mol. The van der Waals surface area contributed by atoms with Gasteiger partial charge in [0.15, 0.2) is 11.2 Å². The summed E-state index contributed by atoms with van der Waals surface area (Å²) in [4.78, 5) is 33.3. The van der Waals surface area contributed by atoms with E-state index in [0.717, 1.165) is 29.8 Å². The maximum atomic E-state index is 13.4. The van der Waals surface area contributed by atoms with E-state index in [0.29, 0.717) is 23.7 Å². The van der Waals surface area contributed by atoms with Crippen LogP contribution in [0.5, 0.6) is 0 Å². The van der Waals surface area contributed by atoms with E-state index >= 15 is 0 Å². The van der Waals surface area contributed by atoms with Crippen molar-refractivity contribution in [1.82, 2.24) is 18.7 Å². The Morgan fingerprint density at radius 2 is 1.84 bits per heavy atom. The normalized spacial score (nSPS) is 13.8. The van der Waals surface area contributed by atoms with Crippen LogP contribution in [0.3, 0.4) is 0 Å². The molecule has 7 heteroatoms. The molecule has 0 fully saturated rings. The molecule has 1 aliphatic heterocycles. The van der Waals surface area contributed by atoms with Gasteiger partial charge < -0.3 is 9.47 Å². The fraction of sp³-hybridized carbons (Fsp3) is 0.240. The maximum absolute atomic E-state index is 13.4. The summed E-state index contributed by atoms with van der Waals surface area (Å²) < 4.78 is 4.72. The Kier molecular flexibility index (Phi) is 5.01. The summed E-state index contributed by atoms with van der Waals surface area (Å²) in [5.41, 5.74) is 3.47. The van der Waals surface area contributed by atoms with Crippen molar-refractivity contribution in [2.45, 2.75) is 26.4 Å². The number of hydrogen-bond acceptors (Lipinski definition) is 4. The Balaban J connectivity index is 1.61. The maximum Gasteiger partial charge on any atom is 0.332 e. The molecule has 2 aromatic heterocycles. The third-order valence-electron chi connectivity index (χ3n) is 5.93. The van der Waals surface area contributed by atoms with Crippen LogP contribution in [0.1, 0.15) is 17.5 Å². The number of anilines is 2. The van der Waals surface area contributed by atoms with E-state index in [1.165, 1.54) is 9.13 Å². The molecule has 0 bridgehead atoms. The van der Waals surface area contributed by atoms with Crippen LogP contribution in [0, 0.1) is 6.92 Å². The zero-order valence-corrected chi connectivity index (χ0v) is 18.2. The fourth-order valence-corrected chi connectivity index (χ4v) is 4.32. The van der Waals surface area contributed by atoms with Crippen LogP contribution in [0.2, 0.25) is 0 Å². The molecule has 0 amide bonds. The molecule has 4 aromatic rings. The van der Waals surface area contributed by atoms with Gasteiger partial charge in [-0.3, -0.25) is 13.9 Å². The third kappa shape index (κ3) is 3.36.